The average molecular weight is 1440 g/mol. The molecule has 0 saturated carbocycles. The minimum atomic E-state index is -1.07. The molecule has 23 heteroatoms. The molecule has 0 unspecified atom stereocenters. The predicted molar refractivity (Wildman–Crippen MR) is 336 cm³/mol. The molecule has 0 bridgehead atoms. The summed E-state index contributed by atoms with van der Waals surface area (Å²) in [5.41, 5.74) is 4.96. The van der Waals surface area contributed by atoms with Gasteiger partial charge in [-0.3, -0.25) is 9.59 Å². The second-order valence-electron chi connectivity index (χ2n) is 26.2. The smallest absolute Gasteiger partial charge is 0.408 e. The standard InChI is InChI=1S/C22H40N2O5.C17H32N2O3.C11H21NO4.C11H21NO2.BH.ClH.U/c1-12-28-19(26)15(4)13-16(14(2)3)24(11)18(25)17(21(5,6)7)23-20(27)29-22(8,9)10;1-9-22-16(21)12(4)10-13(11(2)3)19(8)15(20)14(18)17(5,6)7;1-10(2,3)7(8(13)14)12-9(15)16-11(4,5)6;1-6-14-11(13)9(4)7-10(12-5)8(2)3;;;/h13-14,16-17H,12H2,1-11H3,(H,23,27);10-11,13-14H,9,18H2,1-8H3;7H,1-6H3,(H,12,15)(H,13,14);7-8,10,12H,6H2,1-5H3;2*1H;/b15-13+;12-10+;;9-7+;;;/t16-,17-;13-,14-;7-;10-;;;/m1111.../s1/i;;;;1T;;. The molecule has 0 aromatic carbocycles. The third kappa shape index (κ3) is 40.3. The van der Waals surface area contributed by atoms with Crippen molar-refractivity contribution in [2.45, 2.75) is 234 Å². The Bertz CT molecular complexity index is 2110. The summed E-state index contributed by atoms with van der Waals surface area (Å²) < 4.78 is 30.5. The number of nitrogens with two attached hydrogens (primary N) is 1. The van der Waals surface area contributed by atoms with Gasteiger partial charge in [0.1, 0.15) is 23.3 Å². The Kier molecular flexibility index (Phi) is 46.3. The fourth-order valence-electron chi connectivity index (χ4n) is 7.07. The van der Waals surface area contributed by atoms with E-state index in [0.717, 1.165) is 0 Å². The quantitative estimate of drug-likeness (QED) is 0.0328. The Hall–Kier alpha value is -4.09. The molecule has 488 valence electrons. The fourth-order valence-corrected chi connectivity index (χ4v) is 7.07. The molecule has 0 rings (SSSR count). The van der Waals surface area contributed by atoms with E-state index < -0.39 is 64.3 Å². The number of halogens is 1. The molecule has 0 aliphatic heterocycles. The maximum absolute atomic E-state index is 13.3. The SMILES string of the molecule is CC(C)(C)OC(=O)N[C@H](C(=O)O)C(C)(C)C.CCOC(=O)/C(C)=C/[C@@H](NC)C(C)C.CCOC(=O)/C(C)=C/[C@H](C(C)C)N(C)C(=O)[C@@H](N)C(C)(C)C.CCOC(=O)/C(C)=C/[C@H](C(C)C)N(C)C(=O)[C@@H](NC(=O)OC(C)(C)C)C(C)(C)C.Cl.[3H][B].[U]. The molecule has 0 fully saturated rings. The molecule has 0 aromatic rings. The van der Waals surface area contributed by atoms with Crippen LogP contribution in [0.15, 0.2) is 34.9 Å². The maximum atomic E-state index is 13.3. The van der Waals surface area contributed by atoms with Gasteiger partial charge < -0.3 is 60.3 Å². The van der Waals surface area contributed by atoms with Crippen molar-refractivity contribution in [2.24, 2.45) is 39.7 Å². The number of esters is 3. The van der Waals surface area contributed by atoms with Gasteiger partial charge >= 0.3 is 36.1 Å². The monoisotopic (exact) mass is 1440 g/mol. The van der Waals surface area contributed by atoms with Crippen LogP contribution in [0, 0.1) is 65.1 Å². The summed E-state index contributed by atoms with van der Waals surface area (Å²) in [6.07, 6.45) is 4.10. The first-order valence-electron chi connectivity index (χ1n) is 28.7. The van der Waals surface area contributed by atoms with E-state index in [-0.39, 0.29) is 109 Å². The number of carbonyl (C=O) groups excluding carboxylic acids is 7. The number of ether oxygens (including phenoxy) is 5. The summed E-state index contributed by atoms with van der Waals surface area (Å²) in [6, 6.07) is -2.67. The Balaban J connectivity index is -0.000000194. The number of likely N-dealkylation sites (N-methyl/N-ethyl adjacent to an activating group) is 3. The third-order valence-corrected chi connectivity index (χ3v) is 11.8. The number of hydrogen-bond acceptors (Lipinski definition) is 15. The van der Waals surface area contributed by atoms with Gasteiger partial charge in [-0.2, -0.15) is 0 Å². The third-order valence-electron chi connectivity index (χ3n) is 11.8. The van der Waals surface area contributed by atoms with Gasteiger partial charge in [0.15, 0.2) is 0 Å². The second-order valence-corrected chi connectivity index (χ2v) is 26.2. The van der Waals surface area contributed by atoms with Gasteiger partial charge in [0, 0.05) is 76.3 Å². The molecule has 84 heavy (non-hydrogen) atoms. The number of carboxylic acid groups (broad SMARTS) is 1. The van der Waals surface area contributed by atoms with Crippen LogP contribution in [0.3, 0.4) is 0 Å². The average Bonchev–Trinajstić information content (AvgIpc) is 3.32. The van der Waals surface area contributed by atoms with E-state index in [2.05, 4.69) is 38.2 Å². The van der Waals surface area contributed by atoms with Crippen molar-refractivity contribution < 1.29 is 98.3 Å². The first kappa shape index (κ1) is 91.1. The van der Waals surface area contributed by atoms with Gasteiger partial charge in [-0.25, -0.2) is 28.8 Å². The topological polar surface area (TPSA) is 272 Å². The van der Waals surface area contributed by atoms with E-state index in [1.165, 1.54) is 0 Å². The summed E-state index contributed by atoms with van der Waals surface area (Å²) in [5.74, 6) is -1.77. The van der Waals surface area contributed by atoms with Crippen molar-refractivity contribution in [3.63, 3.8) is 0 Å². The molecule has 4 amide bonds. The molecule has 0 heterocycles. The Morgan fingerprint density at radius 2 is 0.821 bits per heavy atom. The number of rotatable bonds is 20. The summed E-state index contributed by atoms with van der Waals surface area (Å²) in [5, 5.41) is 17.2. The van der Waals surface area contributed by atoms with Crippen molar-refractivity contribution >= 4 is 68.7 Å². The number of carboxylic acids is 1. The zero-order valence-electron chi connectivity index (χ0n) is 58.3. The van der Waals surface area contributed by atoms with Crippen molar-refractivity contribution in [3.05, 3.63) is 34.9 Å². The van der Waals surface area contributed by atoms with E-state index in [1.54, 1.807) is 133 Å². The predicted octanol–water partition coefficient (Wildman–Crippen LogP) is 9.79. The van der Waals surface area contributed by atoms with Crippen LogP contribution < -0.4 is 21.7 Å². The molecule has 0 aromatic heterocycles. The summed E-state index contributed by atoms with van der Waals surface area (Å²) in [7, 11) is 9.05. The minimum Gasteiger partial charge on any atom is -0.480 e. The summed E-state index contributed by atoms with van der Waals surface area (Å²) >= 11 is 0. The molecule has 0 saturated heterocycles. The number of carbonyl (C=O) groups is 8. The number of nitrogens with one attached hydrogen (secondary N) is 3. The largest absolute Gasteiger partial charge is 0.480 e. The van der Waals surface area contributed by atoms with Crippen LogP contribution in [0.1, 0.15) is 187 Å². The molecule has 20 nitrogen and oxygen atoms in total. The number of nitrogens with zero attached hydrogens (tertiary/aromatic N) is 2. The van der Waals surface area contributed by atoms with Crippen LogP contribution in [-0.4, -0.2) is 161 Å². The van der Waals surface area contributed by atoms with Gasteiger partial charge in [-0.05, 0) is 125 Å². The minimum absolute atomic E-state index is 0. The first-order valence-corrected chi connectivity index (χ1v) is 28.1. The van der Waals surface area contributed by atoms with Gasteiger partial charge in [-0.15, -0.1) is 12.4 Å². The Labute approximate surface area is 540 Å². The van der Waals surface area contributed by atoms with Crippen LogP contribution >= 0.6 is 12.4 Å². The van der Waals surface area contributed by atoms with Gasteiger partial charge in [-0.1, -0.05) is 122 Å². The molecule has 0 spiro atoms. The Morgan fingerprint density at radius 1 is 0.536 bits per heavy atom. The van der Waals surface area contributed by atoms with Crippen molar-refractivity contribution in [2.75, 3.05) is 41.0 Å². The van der Waals surface area contributed by atoms with Crippen LogP contribution in [0.2, 0.25) is 0 Å². The van der Waals surface area contributed by atoms with Crippen LogP contribution in [-0.2, 0) is 52.5 Å². The summed E-state index contributed by atoms with van der Waals surface area (Å²) in [6.45, 7) is 50.8. The zero-order valence-corrected chi connectivity index (χ0v) is 62.2. The molecule has 0 aliphatic rings. The molecule has 2 radical (unpaired) electrons. The molecular weight excluding hydrogens is 1320 g/mol. The maximum Gasteiger partial charge on any atom is 0.408 e. The van der Waals surface area contributed by atoms with Gasteiger partial charge in [0.25, 0.3) is 0 Å². The van der Waals surface area contributed by atoms with E-state index in [9.17, 15) is 38.4 Å². The Morgan fingerprint density at radius 3 is 1.05 bits per heavy atom. The van der Waals surface area contributed by atoms with Crippen LogP contribution in [0.25, 0.3) is 0 Å². The van der Waals surface area contributed by atoms with E-state index in [4.69, 9.17) is 35.9 Å². The number of alkyl carbamates (subject to hydrolysis) is 2. The molecule has 6 atom stereocenters. The van der Waals surface area contributed by atoms with Crippen LogP contribution in [0.5, 0.6) is 0 Å². The zero-order chi connectivity index (χ0) is 67.1. The molecular formula is C61H116BClN6O14U. The number of aliphatic carboxylic acids is 1. The van der Waals surface area contributed by atoms with E-state index in [0.29, 0.717) is 35.9 Å². The van der Waals surface area contributed by atoms with E-state index in [1.807, 2.05) is 89.3 Å². The number of hydrogen-bond donors (Lipinski definition) is 5. The van der Waals surface area contributed by atoms with E-state index >= 15 is 0 Å². The normalized spacial score (nSPS) is 14.3. The van der Waals surface area contributed by atoms with Crippen molar-refractivity contribution in [1.82, 2.24) is 25.8 Å². The van der Waals surface area contributed by atoms with Crippen molar-refractivity contribution in [1.29, 1.82) is 1.34 Å². The summed E-state index contributed by atoms with van der Waals surface area (Å²) in [4.78, 5) is 98.9. The molecule has 0 aliphatic carbocycles. The molecule has 6 N–H and O–H groups in total. The van der Waals surface area contributed by atoms with Gasteiger partial charge in [0.2, 0.25) is 11.8 Å². The second kappa shape index (κ2) is 42.7. The fraction of sp³-hybridized carbons (Fsp3) is 0.770. The number of amides is 4. The van der Waals surface area contributed by atoms with Crippen molar-refractivity contribution in [3.8, 4) is 0 Å². The van der Waals surface area contributed by atoms with Gasteiger partial charge in [0.05, 0.1) is 37.9 Å². The van der Waals surface area contributed by atoms with Crippen LogP contribution in [0.4, 0.5) is 9.59 Å². The first-order chi connectivity index (χ1) is 37.4.